The number of unbranched alkanes of at least 4 members (excludes halogenated alkanes) is 22. The zero-order chi connectivity index (χ0) is 50.7. The summed E-state index contributed by atoms with van der Waals surface area (Å²) in [5, 5.41) is 0. The Hall–Kier alpha value is -3.93. The van der Waals surface area contributed by atoms with E-state index in [4.69, 9.17) is 14.2 Å². The van der Waals surface area contributed by atoms with E-state index in [9.17, 15) is 14.4 Å². The average Bonchev–Trinajstić information content (AvgIpc) is 3.36. The lowest BCUT2D eigenvalue weighted by Crippen LogP contribution is -2.30. The number of hydrogen-bond donors (Lipinski definition) is 0. The highest BCUT2D eigenvalue weighted by Gasteiger charge is 2.19. The molecule has 0 aromatic rings. The van der Waals surface area contributed by atoms with E-state index in [0.717, 1.165) is 77.0 Å². The fourth-order valence-corrected chi connectivity index (χ4v) is 7.72. The fraction of sp³-hybridized carbons (Fsp3) is 0.672. The number of esters is 3. The van der Waals surface area contributed by atoms with Crippen molar-refractivity contribution in [3.8, 4) is 0 Å². The first-order chi connectivity index (χ1) is 34.5. The molecule has 0 aliphatic heterocycles. The minimum absolute atomic E-state index is 0.121. The molecule has 0 aromatic carbocycles. The molecule has 0 amide bonds. The quantitative estimate of drug-likeness (QED) is 0.0262. The summed E-state index contributed by atoms with van der Waals surface area (Å²) in [5.41, 5.74) is 0. The molecule has 0 N–H and O–H groups in total. The van der Waals surface area contributed by atoms with Gasteiger partial charge in [-0.3, -0.25) is 14.4 Å². The number of allylic oxidation sites excluding steroid dienone is 18. The SMILES string of the molecule is CC/C=C\C/C=C\C/C=C\C/C=C\C/C=C\C/C=C\CCC(=O)OCC(COC(=O)CCCCCCCCCCCCCCCCCC)OC(=O)CCC/C=C\C/C=C\C/C=C\CCCCCCCC. The molecule has 1 atom stereocenters. The first kappa shape index (κ1) is 66.1. The molecule has 0 aliphatic carbocycles. The predicted molar refractivity (Wildman–Crippen MR) is 302 cm³/mol. The van der Waals surface area contributed by atoms with Crippen LogP contribution in [0.1, 0.15) is 258 Å². The van der Waals surface area contributed by atoms with Crippen molar-refractivity contribution in [1.82, 2.24) is 0 Å². The van der Waals surface area contributed by atoms with Crippen molar-refractivity contribution in [1.29, 1.82) is 0 Å². The highest BCUT2D eigenvalue weighted by atomic mass is 16.6. The second kappa shape index (κ2) is 57.6. The summed E-state index contributed by atoms with van der Waals surface area (Å²) in [7, 11) is 0. The van der Waals surface area contributed by atoms with Gasteiger partial charge in [-0.2, -0.15) is 0 Å². The number of carbonyl (C=O) groups is 3. The lowest BCUT2D eigenvalue weighted by molar-refractivity contribution is -0.166. The first-order valence-corrected chi connectivity index (χ1v) is 28.9. The summed E-state index contributed by atoms with van der Waals surface area (Å²) in [6.07, 6.45) is 78.1. The van der Waals surface area contributed by atoms with E-state index < -0.39 is 6.10 Å². The van der Waals surface area contributed by atoms with Crippen LogP contribution in [-0.2, 0) is 28.6 Å². The molecule has 0 spiro atoms. The van der Waals surface area contributed by atoms with E-state index in [0.29, 0.717) is 19.3 Å². The van der Waals surface area contributed by atoms with Crippen LogP contribution in [-0.4, -0.2) is 37.2 Å². The van der Waals surface area contributed by atoms with E-state index in [2.05, 4.69) is 118 Å². The first-order valence-electron chi connectivity index (χ1n) is 28.9. The second-order valence-corrected chi connectivity index (χ2v) is 18.8. The monoisotopic (exact) mass is 971 g/mol. The third-order valence-corrected chi connectivity index (χ3v) is 12.0. The van der Waals surface area contributed by atoms with Crippen LogP contribution in [0.25, 0.3) is 0 Å². The van der Waals surface area contributed by atoms with E-state index in [1.807, 2.05) is 12.2 Å². The summed E-state index contributed by atoms with van der Waals surface area (Å²) >= 11 is 0. The summed E-state index contributed by atoms with van der Waals surface area (Å²) in [5.74, 6) is -1.06. The van der Waals surface area contributed by atoms with E-state index >= 15 is 0 Å². The minimum Gasteiger partial charge on any atom is -0.462 e. The van der Waals surface area contributed by atoms with E-state index in [-0.39, 0.29) is 44.0 Å². The van der Waals surface area contributed by atoms with Gasteiger partial charge in [-0.05, 0) is 89.9 Å². The number of rotatable bonds is 51. The molecular weight excluding hydrogens is 865 g/mol. The van der Waals surface area contributed by atoms with Crippen LogP contribution < -0.4 is 0 Å². The molecule has 0 fully saturated rings. The molecule has 0 radical (unpaired) electrons. The molecule has 0 bridgehead atoms. The lowest BCUT2D eigenvalue weighted by atomic mass is 10.0. The Labute approximate surface area is 431 Å². The van der Waals surface area contributed by atoms with Crippen molar-refractivity contribution in [2.45, 2.75) is 264 Å². The van der Waals surface area contributed by atoms with Gasteiger partial charge in [0, 0.05) is 19.3 Å². The maximum atomic E-state index is 12.8. The number of hydrogen-bond acceptors (Lipinski definition) is 6. The van der Waals surface area contributed by atoms with Gasteiger partial charge in [0.1, 0.15) is 13.2 Å². The molecule has 6 nitrogen and oxygen atoms in total. The Morgan fingerprint density at radius 2 is 0.600 bits per heavy atom. The highest BCUT2D eigenvalue weighted by Crippen LogP contribution is 2.15. The van der Waals surface area contributed by atoms with Crippen LogP contribution in [0, 0.1) is 0 Å². The topological polar surface area (TPSA) is 78.9 Å². The number of carbonyl (C=O) groups excluding carboxylic acids is 3. The van der Waals surface area contributed by atoms with Gasteiger partial charge in [-0.25, -0.2) is 0 Å². The summed E-state index contributed by atoms with van der Waals surface area (Å²) in [6.45, 7) is 6.42. The van der Waals surface area contributed by atoms with Crippen molar-refractivity contribution in [2.75, 3.05) is 13.2 Å². The highest BCUT2D eigenvalue weighted by molar-refractivity contribution is 5.71. The van der Waals surface area contributed by atoms with Crippen LogP contribution in [0.4, 0.5) is 0 Å². The maximum absolute atomic E-state index is 12.8. The van der Waals surface area contributed by atoms with Crippen molar-refractivity contribution in [3.63, 3.8) is 0 Å². The van der Waals surface area contributed by atoms with Crippen LogP contribution in [0.2, 0.25) is 0 Å². The van der Waals surface area contributed by atoms with Gasteiger partial charge in [-0.1, -0.05) is 259 Å². The van der Waals surface area contributed by atoms with E-state index in [1.54, 1.807) is 0 Å². The van der Waals surface area contributed by atoms with Gasteiger partial charge < -0.3 is 14.2 Å². The Balaban J connectivity index is 4.57. The average molecular weight is 972 g/mol. The Morgan fingerprint density at radius 3 is 1.00 bits per heavy atom. The Morgan fingerprint density at radius 1 is 0.300 bits per heavy atom. The minimum atomic E-state index is -0.836. The third-order valence-electron chi connectivity index (χ3n) is 12.0. The fourth-order valence-electron chi connectivity index (χ4n) is 7.72. The van der Waals surface area contributed by atoms with Crippen molar-refractivity contribution < 1.29 is 28.6 Å². The van der Waals surface area contributed by atoms with Gasteiger partial charge in [0.05, 0.1) is 0 Å². The molecule has 0 saturated carbocycles. The lowest BCUT2D eigenvalue weighted by Gasteiger charge is -2.18. The van der Waals surface area contributed by atoms with Crippen LogP contribution >= 0.6 is 0 Å². The van der Waals surface area contributed by atoms with Crippen molar-refractivity contribution in [3.05, 3.63) is 109 Å². The third kappa shape index (κ3) is 55.0. The summed E-state index contributed by atoms with van der Waals surface area (Å²) in [6, 6.07) is 0. The van der Waals surface area contributed by atoms with E-state index in [1.165, 1.54) is 128 Å². The maximum Gasteiger partial charge on any atom is 0.306 e. The Kier molecular flexibility index (Phi) is 54.4. The van der Waals surface area contributed by atoms with Crippen LogP contribution in [0.3, 0.4) is 0 Å². The molecule has 1 unspecified atom stereocenters. The molecule has 6 heteroatoms. The van der Waals surface area contributed by atoms with Gasteiger partial charge in [0.2, 0.25) is 0 Å². The Bertz CT molecular complexity index is 1440. The zero-order valence-corrected chi connectivity index (χ0v) is 45.5. The standard InChI is InChI=1S/C64H106O6/c1-4-7-10-13-16-19-22-25-28-31-32-34-36-39-42-45-48-51-54-57-63(66)69-60-61(59-68-62(65)56-53-50-47-44-41-38-35-30-27-24-21-18-15-12-9-6-3)70-64(67)58-55-52-49-46-43-40-37-33-29-26-23-20-17-14-11-8-5-2/h7,10,16,19,25-26,28-29,32,34,37,39-40,42,46,48-49,51,61H,4-6,8-9,11-15,17-18,20-24,27,30-31,33,35-36,38,41,43-45,47,50,52-60H2,1-3H3/b10-7-,19-16-,28-25-,29-26-,34-32-,40-37-,42-39-,49-46-,51-48-. The largest absolute Gasteiger partial charge is 0.462 e. The van der Waals surface area contributed by atoms with Crippen molar-refractivity contribution in [2.24, 2.45) is 0 Å². The molecule has 0 aromatic heterocycles. The van der Waals surface area contributed by atoms with Gasteiger partial charge in [0.15, 0.2) is 6.10 Å². The predicted octanol–water partition coefficient (Wildman–Crippen LogP) is 19.5. The summed E-state index contributed by atoms with van der Waals surface area (Å²) < 4.78 is 16.7. The molecule has 398 valence electrons. The summed E-state index contributed by atoms with van der Waals surface area (Å²) in [4.78, 5) is 38.1. The van der Waals surface area contributed by atoms with Gasteiger partial charge in [-0.15, -0.1) is 0 Å². The van der Waals surface area contributed by atoms with Crippen molar-refractivity contribution >= 4 is 17.9 Å². The normalized spacial score (nSPS) is 12.9. The second-order valence-electron chi connectivity index (χ2n) is 18.8. The molecular formula is C64H106O6. The van der Waals surface area contributed by atoms with Gasteiger partial charge >= 0.3 is 17.9 Å². The molecule has 0 saturated heterocycles. The molecule has 70 heavy (non-hydrogen) atoms. The van der Waals surface area contributed by atoms with Crippen LogP contribution in [0.15, 0.2) is 109 Å². The van der Waals surface area contributed by atoms with Gasteiger partial charge in [0.25, 0.3) is 0 Å². The van der Waals surface area contributed by atoms with Crippen LogP contribution in [0.5, 0.6) is 0 Å². The molecule has 0 heterocycles. The molecule has 0 rings (SSSR count). The number of ether oxygens (including phenoxy) is 3. The smallest absolute Gasteiger partial charge is 0.306 e. The molecule has 0 aliphatic rings. The zero-order valence-electron chi connectivity index (χ0n) is 45.5.